The van der Waals surface area contributed by atoms with Gasteiger partial charge in [-0.15, -0.1) is 0 Å². The zero-order valence-corrected chi connectivity index (χ0v) is 10.7. The molecule has 0 atom stereocenters. The lowest BCUT2D eigenvalue weighted by Gasteiger charge is -2.21. The minimum Gasteiger partial charge on any atom is -0.372 e. The highest BCUT2D eigenvalue weighted by Crippen LogP contribution is 2.16. The van der Waals surface area contributed by atoms with Gasteiger partial charge in [-0.25, -0.2) is 0 Å². The van der Waals surface area contributed by atoms with Crippen LogP contribution in [0.2, 0.25) is 0 Å². The molecular weight excluding hydrogens is 194 g/mol. The van der Waals surface area contributed by atoms with Crippen LogP contribution in [0.1, 0.15) is 32.8 Å². The molecule has 16 heavy (non-hydrogen) atoms. The molecule has 0 aromatic heterocycles. The highest BCUT2D eigenvalue weighted by Gasteiger charge is 2.01. The SMILES string of the molecule is CC=CCCc1cccc(N(CC)CC)c1. The molecular formula is C15H23N. The lowest BCUT2D eigenvalue weighted by atomic mass is 10.1. The smallest absolute Gasteiger partial charge is 0.0368 e. The van der Waals surface area contributed by atoms with Crippen LogP contribution in [0, 0.1) is 0 Å². The van der Waals surface area contributed by atoms with Gasteiger partial charge in [0.1, 0.15) is 0 Å². The van der Waals surface area contributed by atoms with Crippen molar-refractivity contribution in [2.75, 3.05) is 18.0 Å². The van der Waals surface area contributed by atoms with Crippen LogP contribution in [0.5, 0.6) is 0 Å². The van der Waals surface area contributed by atoms with Crippen molar-refractivity contribution in [2.45, 2.75) is 33.6 Å². The quantitative estimate of drug-likeness (QED) is 0.650. The molecule has 0 radical (unpaired) electrons. The number of hydrogen-bond acceptors (Lipinski definition) is 1. The number of anilines is 1. The third kappa shape index (κ3) is 3.73. The molecule has 0 N–H and O–H groups in total. The molecule has 0 saturated heterocycles. The van der Waals surface area contributed by atoms with Gasteiger partial charge < -0.3 is 4.90 Å². The lowest BCUT2D eigenvalue weighted by molar-refractivity contribution is 0.863. The van der Waals surface area contributed by atoms with E-state index < -0.39 is 0 Å². The molecule has 88 valence electrons. The molecule has 1 nitrogen and oxygen atoms in total. The summed E-state index contributed by atoms with van der Waals surface area (Å²) >= 11 is 0. The summed E-state index contributed by atoms with van der Waals surface area (Å²) in [4.78, 5) is 2.39. The van der Waals surface area contributed by atoms with E-state index in [0.29, 0.717) is 0 Å². The average molecular weight is 217 g/mol. The van der Waals surface area contributed by atoms with Gasteiger partial charge in [0.15, 0.2) is 0 Å². The van der Waals surface area contributed by atoms with Crippen molar-refractivity contribution >= 4 is 5.69 Å². The number of hydrogen-bond donors (Lipinski definition) is 0. The van der Waals surface area contributed by atoms with Crippen molar-refractivity contribution in [3.8, 4) is 0 Å². The van der Waals surface area contributed by atoms with E-state index in [2.05, 4.69) is 62.1 Å². The van der Waals surface area contributed by atoms with E-state index in [1.54, 1.807) is 0 Å². The Hall–Kier alpha value is -1.24. The van der Waals surface area contributed by atoms with Crippen LogP contribution < -0.4 is 4.90 Å². The summed E-state index contributed by atoms with van der Waals surface area (Å²) in [5.74, 6) is 0. The maximum absolute atomic E-state index is 2.39. The molecule has 0 fully saturated rings. The largest absolute Gasteiger partial charge is 0.372 e. The predicted molar refractivity (Wildman–Crippen MR) is 73.1 cm³/mol. The van der Waals surface area contributed by atoms with E-state index in [9.17, 15) is 0 Å². The summed E-state index contributed by atoms with van der Waals surface area (Å²) in [7, 11) is 0. The maximum atomic E-state index is 2.39. The van der Waals surface area contributed by atoms with Crippen molar-refractivity contribution < 1.29 is 0 Å². The molecule has 0 aliphatic heterocycles. The Kier molecular flexibility index (Phi) is 5.69. The van der Waals surface area contributed by atoms with Gasteiger partial charge in [-0.2, -0.15) is 0 Å². The van der Waals surface area contributed by atoms with Crippen molar-refractivity contribution in [3.63, 3.8) is 0 Å². The normalized spacial score (nSPS) is 10.9. The van der Waals surface area contributed by atoms with Gasteiger partial charge in [0, 0.05) is 18.8 Å². The second-order valence-corrected chi connectivity index (χ2v) is 3.95. The van der Waals surface area contributed by atoms with Gasteiger partial charge >= 0.3 is 0 Å². The van der Waals surface area contributed by atoms with Gasteiger partial charge in [0.05, 0.1) is 0 Å². The summed E-state index contributed by atoms with van der Waals surface area (Å²) in [6, 6.07) is 8.90. The van der Waals surface area contributed by atoms with Gasteiger partial charge in [-0.1, -0.05) is 24.3 Å². The van der Waals surface area contributed by atoms with Crippen LogP contribution in [0.15, 0.2) is 36.4 Å². The first kappa shape index (κ1) is 12.8. The van der Waals surface area contributed by atoms with Crippen molar-refractivity contribution in [3.05, 3.63) is 42.0 Å². The fourth-order valence-electron chi connectivity index (χ4n) is 1.91. The average Bonchev–Trinajstić information content (AvgIpc) is 2.32. The van der Waals surface area contributed by atoms with Gasteiger partial charge in [-0.3, -0.25) is 0 Å². The third-order valence-corrected chi connectivity index (χ3v) is 2.87. The number of benzene rings is 1. The monoisotopic (exact) mass is 217 g/mol. The molecule has 0 amide bonds. The molecule has 0 aliphatic rings. The lowest BCUT2D eigenvalue weighted by Crippen LogP contribution is -2.21. The Morgan fingerprint density at radius 1 is 1.19 bits per heavy atom. The first-order valence-electron chi connectivity index (χ1n) is 6.26. The summed E-state index contributed by atoms with van der Waals surface area (Å²) in [5, 5.41) is 0. The minimum atomic E-state index is 1.08. The number of nitrogens with zero attached hydrogens (tertiary/aromatic N) is 1. The van der Waals surface area contributed by atoms with Crippen LogP contribution in [-0.4, -0.2) is 13.1 Å². The summed E-state index contributed by atoms with van der Waals surface area (Å²) in [6.07, 6.45) is 6.62. The van der Waals surface area contributed by atoms with Gasteiger partial charge in [0.2, 0.25) is 0 Å². The van der Waals surface area contributed by atoms with Crippen molar-refractivity contribution in [1.82, 2.24) is 0 Å². The van der Waals surface area contributed by atoms with Crippen LogP contribution in [0.25, 0.3) is 0 Å². The predicted octanol–water partition coefficient (Wildman–Crippen LogP) is 4.04. The zero-order valence-electron chi connectivity index (χ0n) is 10.7. The summed E-state index contributed by atoms with van der Waals surface area (Å²) in [5.41, 5.74) is 2.78. The third-order valence-electron chi connectivity index (χ3n) is 2.87. The molecule has 0 spiro atoms. The van der Waals surface area contributed by atoms with Gasteiger partial charge in [0.25, 0.3) is 0 Å². The van der Waals surface area contributed by atoms with E-state index in [0.717, 1.165) is 25.9 Å². The molecule has 0 unspecified atom stereocenters. The summed E-state index contributed by atoms with van der Waals surface area (Å²) in [6.45, 7) is 8.64. The van der Waals surface area contributed by atoms with E-state index in [4.69, 9.17) is 0 Å². The first-order chi connectivity index (χ1) is 7.81. The highest BCUT2D eigenvalue weighted by molar-refractivity contribution is 5.48. The fraction of sp³-hybridized carbons (Fsp3) is 0.467. The summed E-state index contributed by atoms with van der Waals surface area (Å²) < 4.78 is 0. The minimum absolute atomic E-state index is 1.08. The first-order valence-corrected chi connectivity index (χ1v) is 6.26. The number of aryl methyl sites for hydroxylation is 1. The Labute approximate surface area is 99.8 Å². The number of allylic oxidation sites excluding steroid dienone is 2. The van der Waals surface area contributed by atoms with Crippen molar-refractivity contribution in [1.29, 1.82) is 0 Å². The van der Waals surface area contributed by atoms with Crippen LogP contribution in [0.3, 0.4) is 0 Å². The molecule has 0 saturated carbocycles. The molecule has 1 aromatic rings. The van der Waals surface area contributed by atoms with Crippen LogP contribution in [0.4, 0.5) is 5.69 Å². The molecule has 1 aromatic carbocycles. The van der Waals surface area contributed by atoms with E-state index in [-0.39, 0.29) is 0 Å². The maximum Gasteiger partial charge on any atom is 0.0368 e. The molecule has 0 bridgehead atoms. The van der Waals surface area contributed by atoms with E-state index >= 15 is 0 Å². The fourth-order valence-corrected chi connectivity index (χ4v) is 1.91. The molecule has 0 heterocycles. The van der Waals surface area contributed by atoms with E-state index in [1.165, 1.54) is 11.3 Å². The topological polar surface area (TPSA) is 3.24 Å². The standard InChI is InChI=1S/C15H23N/c1-4-7-8-10-14-11-9-12-15(13-14)16(5-2)6-3/h4,7,9,11-13H,5-6,8,10H2,1-3H3. The Balaban J connectivity index is 2.69. The van der Waals surface area contributed by atoms with Crippen molar-refractivity contribution in [2.24, 2.45) is 0 Å². The Morgan fingerprint density at radius 3 is 2.56 bits per heavy atom. The second kappa shape index (κ2) is 7.10. The van der Waals surface area contributed by atoms with E-state index in [1.807, 2.05) is 0 Å². The molecule has 0 aliphatic carbocycles. The van der Waals surface area contributed by atoms with Crippen LogP contribution in [-0.2, 0) is 6.42 Å². The second-order valence-electron chi connectivity index (χ2n) is 3.95. The number of rotatable bonds is 6. The van der Waals surface area contributed by atoms with Gasteiger partial charge in [-0.05, 0) is 51.3 Å². The Bertz CT molecular complexity index is 324. The van der Waals surface area contributed by atoms with Crippen LogP contribution >= 0.6 is 0 Å². The zero-order chi connectivity index (χ0) is 11.8. The Morgan fingerprint density at radius 2 is 1.94 bits per heavy atom. The highest BCUT2D eigenvalue weighted by atomic mass is 15.1. The molecule has 1 heteroatoms. The molecule has 1 rings (SSSR count).